The van der Waals surface area contributed by atoms with E-state index in [4.69, 9.17) is 14.6 Å². The molecule has 1 N–H and O–H groups in total. The van der Waals surface area contributed by atoms with E-state index in [2.05, 4.69) is 15.7 Å². The third-order valence-corrected chi connectivity index (χ3v) is 6.44. The Bertz CT molecular complexity index is 1250. The zero-order valence-electron chi connectivity index (χ0n) is 19.6. The summed E-state index contributed by atoms with van der Waals surface area (Å²) in [7, 11) is 3.21. The Kier molecular flexibility index (Phi) is 7.59. The van der Waals surface area contributed by atoms with Crippen LogP contribution in [0.4, 0.5) is 0 Å². The van der Waals surface area contributed by atoms with Crippen molar-refractivity contribution >= 4 is 17.2 Å². The Balaban J connectivity index is 1.55. The van der Waals surface area contributed by atoms with Gasteiger partial charge in [-0.15, -0.1) is 11.3 Å². The first-order valence-electron chi connectivity index (χ1n) is 11.2. The number of amides is 1. The number of para-hydroxylation sites is 1. The first-order valence-corrected chi connectivity index (χ1v) is 12.0. The standard InChI is InChI=1S/C26H28N4O3S/c1-18-17-34-24(28-18)11-7-8-14-27-26(31)22-16-30(19-9-5-4-6-10-19)29-25(22)21-15-20(32-2)12-13-23(21)33-3/h4-6,9-10,12-13,15-17H,7-8,11,14H2,1-3H3,(H,27,31). The Morgan fingerprint density at radius 2 is 1.91 bits per heavy atom. The molecule has 4 rings (SSSR count). The first-order chi connectivity index (χ1) is 16.6. The molecule has 0 saturated carbocycles. The number of aromatic nitrogens is 3. The summed E-state index contributed by atoms with van der Waals surface area (Å²) in [5.74, 6) is 1.10. The van der Waals surface area contributed by atoms with Crippen LogP contribution in [0.1, 0.15) is 33.9 Å². The number of carbonyl (C=O) groups is 1. The van der Waals surface area contributed by atoms with E-state index in [1.807, 2.05) is 55.5 Å². The molecule has 0 aliphatic carbocycles. The second kappa shape index (κ2) is 11.0. The number of nitrogens with one attached hydrogen (secondary N) is 1. The number of benzene rings is 2. The molecule has 0 spiro atoms. The van der Waals surface area contributed by atoms with Gasteiger partial charge in [0.1, 0.15) is 17.2 Å². The molecule has 2 heterocycles. The number of rotatable bonds is 10. The van der Waals surface area contributed by atoms with E-state index in [1.54, 1.807) is 36.4 Å². The summed E-state index contributed by atoms with van der Waals surface area (Å²) in [5, 5.41) is 11.0. The lowest BCUT2D eigenvalue weighted by Crippen LogP contribution is -2.24. The quantitative estimate of drug-likeness (QED) is 0.323. The van der Waals surface area contributed by atoms with E-state index in [0.29, 0.717) is 34.9 Å². The molecule has 0 aliphatic heterocycles. The molecule has 34 heavy (non-hydrogen) atoms. The first kappa shape index (κ1) is 23.5. The molecule has 0 atom stereocenters. The lowest BCUT2D eigenvalue weighted by molar-refractivity contribution is 0.0953. The summed E-state index contributed by atoms with van der Waals surface area (Å²) < 4.78 is 12.7. The minimum Gasteiger partial charge on any atom is -0.497 e. The van der Waals surface area contributed by atoms with Crippen LogP contribution in [0.5, 0.6) is 11.5 Å². The number of thiazole rings is 1. The fourth-order valence-corrected chi connectivity index (χ4v) is 4.49. The van der Waals surface area contributed by atoms with E-state index in [1.165, 1.54) is 0 Å². The Hall–Kier alpha value is -3.65. The van der Waals surface area contributed by atoms with Crippen LogP contribution in [-0.2, 0) is 6.42 Å². The number of hydrogen-bond donors (Lipinski definition) is 1. The third kappa shape index (κ3) is 5.46. The molecule has 4 aromatic rings. The molecule has 2 aromatic carbocycles. The Morgan fingerprint density at radius 3 is 2.62 bits per heavy atom. The molecule has 0 saturated heterocycles. The summed E-state index contributed by atoms with van der Waals surface area (Å²) in [6.45, 7) is 2.58. The largest absolute Gasteiger partial charge is 0.497 e. The van der Waals surface area contributed by atoms with E-state index < -0.39 is 0 Å². The predicted molar refractivity (Wildman–Crippen MR) is 134 cm³/mol. The zero-order valence-corrected chi connectivity index (χ0v) is 20.4. The van der Waals surface area contributed by atoms with Gasteiger partial charge in [-0.1, -0.05) is 18.2 Å². The van der Waals surface area contributed by atoms with Gasteiger partial charge in [0.05, 0.1) is 30.5 Å². The summed E-state index contributed by atoms with van der Waals surface area (Å²) in [6.07, 6.45) is 4.52. The van der Waals surface area contributed by atoms with E-state index in [0.717, 1.165) is 35.7 Å². The van der Waals surface area contributed by atoms with E-state index in [-0.39, 0.29) is 5.91 Å². The maximum absolute atomic E-state index is 13.2. The van der Waals surface area contributed by atoms with Crippen molar-refractivity contribution in [2.24, 2.45) is 0 Å². The Labute approximate surface area is 203 Å². The van der Waals surface area contributed by atoms with Crippen LogP contribution in [-0.4, -0.2) is 41.4 Å². The van der Waals surface area contributed by atoms with Crippen molar-refractivity contribution in [2.45, 2.75) is 26.2 Å². The van der Waals surface area contributed by atoms with Crippen LogP contribution in [0.3, 0.4) is 0 Å². The van der Waals surface area contributed by atoms with Crippen molar-refractivity contribution in [1.82, 2.24) is 20.1 Å². The van der Waals surface area contributed by atoms with Gasteiger partial charge in [-0.3, -0.25) is 4.79 Å². The van der Waals surface area contributed by atoms with Gasteiger partial charge in [-0.2, -0.15) is 5.10 Å². The molecule has 2 aromatic heterocycles. The van der Waals surface area contributed by atoms with Gasteiger partial charge in [-0.05, 0) is 56.5 Å². The topological polar surface area (TPSA) is 78.3 Å². The monoisotopic (exact) mass is 476 g/mol. The van der Waals surface area contributed by atoms with Crippen LogP contribution in [0.25, 0.3) is 16.9 Å². The summed E-state index contributed by atoms with van der Waals surface area (Å²) >= 11 is 1.69. The molecule has 1 amide bonds. The van der Waals surface area contributed by atoms with Gasteiger partial charge < -0.3 is 14.8 Å². The highest BCUT2D eigenvalue weighted by molar-refractivity contribution is 7.09. The minimum absolute atomic E-state index is 0.174. The van der Waals surface area contributed by atoms with Crippen molar-refractivity contribution in [3.05, 3.63) is 76.4 Å². The second-order valence-electron chi connectivity index (χ2n) is 7.83. The fraction of sp³-hybridized carbons (Fsp3) is 0.269. The van der Waals surface area contributed by atoms with Gasteiger partial charge in [-0.25, -0.2) is 9.67 Å². The van der Waals surface area contributed by atoms with Crippen LogP contribution in [0, 0.1) is 6.92 Å². The SMILES string of the molecule is COc1ccc(OC)c(-c2nn(-c3ccccc3)cc2C(=O)NCCCCc2nc(C)cs2)c1. The molecule has 7 nitrogen and oxygen atoms in total. The summed E-state index contributed by atoms with van der Waals surface area (Å²) in [6, 6.07) is 15.2. The fourth-order valence-electron chi connectivity index (χ4n) is 3.67. The highest BCUT2D eigenvalue weighted by Gasteiger charge is 2.21. The van der Waals surface area contributed by atoms with Crippen molar-refractivity contribution in [3.8, 4) is 28.4 Å². The van der Waals surface area contributed by atoms with Crippen LogP contribution in [0.2, 0.25) is 0 Å². The van der Waals surface area contributed by atoms with Crippen molar-refractivity contribution in [1.29, 1.82) is 0 Å². The highest BCUT2D eigenvalue weighted by Crippen LogP contribution is 2.35. The molecule has 0 unspecified atom stereocenters. The summed E-state index contributed by atoms with van der Waals surface area (Å²) in [4.78, 5) is 17.7. The zero-order chi connectivity index (χ0) is 23.9. The number of carbonyl (C=O) groups excluding carboxylic acids is 1. The maximum atomic E-state index is 13.2. The molecule has 0 aliphatic rings. The molecule has 0 bridgehead atoms. The smallest absolute Gasteiger partial charge is 0.255 e. The number of unbranched alkanes of at least 4 members (excludes halogenated alkanes) is 1. The van der Waals surface area contributed by atoms with E-state index >= 15 is 0 Å². The molecule has 0 radical (unpaired) electrons. The van der Waals surface area contributed by atoms with Gasteiger partial charge in [0.15, 0.2) is 0 Å². The van der Waals surface area contributed by atoms with Crippen LogP contribution < -0.4 is 14.8 Å². The number of methoxy groups -OCH3 is 2. The normalized spacial score (nSPS) is 10.8. The average molecular weight is 477 g/mol. The number of ether oxygens (including phenoxy) is 2. The van der Waals surface area contributed by atoms with Crippen LogP contribution >= 0.6 is 11.3 Å². The molecular weight excluding hydrogens is 448 g/mol. The number of nitrogens with zero attached hydrogens (tertiary/aromatic N) is 3. The molecular formula is C26H28N4O3S. The van der Waals surface area contributed by atoms with Crippen molar-refractivity contribution in [2.75, 3.05) is 20.8 Å². The second-order valence-corrected chi connectivity index (χ2v) is 8.78. The van der Waals surface area contributed by atoms with Gasteiger partial charge in [0.2, 0.25) is 0 Å². The lowest BCUT2D eigenvalue weighted by atomic mass is 10.1. The highest BCUT2D eigenvalue weighted by atomic mass is 32.1. The number of hydrogen-bond acceptors (Lipinski definition) is 6. The van der Waals surface area contributed by atoms with Gasteiger partial charge in [0, 0.05) is 29.4 Å². The van der Waals surface area contributed by atoms with E-state index in [9.17, 15) is 4.79 Å². The predicted octanol–water partition coefficient (Wildman–Crippen LogP) is 5.07. The molecule has 176 valence electrons. The molecule has 8 heteroatoms. The molecule has 0 fully saturated rings. The number of aryl methyl sites for hydroxylation is 2. The lowest BCUT2D eigenvalue weighted by Gasteiger charge is -2.10. The average Bonchev–Trinajstić information content (AvgIpc) is 3.50. The van der Waals surface area contributed by atoms with Crippen molar-refractivity contribution < 1.29 is 14.3 Å². The maximum Gasteiger partial charge on any atom is 0.255 e. The van der Waals surface area contributed by atoms with Crippen molar-refractivity contribution in [3.63, 3.8) is 0 Å². The minimum atomic E-state index is -0.174. The van der Waals surface area contributed by atoms with Gasteiger partial charge in [0.25, 0.3) is 5.91 Å². The third-order valence-electron chi connectivity index (χ3n) is 5.41. The summed E-state index contributed by atoms with van der Waals surface area (Å²) in [5.41, 5.74) is 3.63. The van der Waals surface area contributed by atoms with Crippen LogP contribution in [0.15, 0.2) is 60.1 Å². The Morgan fingerprint density at radius 1 is 1.09 bits per heavy atom. The van der Waals surface area contributed by atoms with Gasteiger partial charge >= 0.3 is 0 Å².